The maximum absolute atomic E-state index is 13.5. The SMILES string of the molecule is C=C1NC(=O)[C@](NC(=O)C2CCCCC2)(C(F)(F)F)[C@@H]1C#N. The van der Waals surface area contributed by atoms with Crippen molar-refractivity contribution in [2.45, 2.75) is 43.8 Å². The minimum Gasteiger partial charge on any atom is -0.333 e. The topological polar surface area (TPSA) is 82.0 Å². The van der Waals surface area contributed by atoms with E-state index in [1.807, 2.05) is 10.6 Å². The molecule has 8 heteroatoms. The Hall–Kier alpha value is -2.04. The molecule has 2 amide bonds. The molecule has 1 aliphatic heterocycles. The van der Waals surface area contributed by atoms with Gasteiger partial charge < -0.3 is 10.6 Å². The lowest BCUT2D eigenvalue weighted by Crippen LogP contribution is -2.67. The van der Waals surface area contributed by atoms with Crippen LogP contribution in [0, 0.1) is 23.2 Å². The van der Waals surface area contributed by atoms with Gasteiger partial charge in [-0.2, -0.15) is 18.4 Å². The first kappa shape index (κ1) is 16.3. The van der Waals surface area contributed by atoms with E-state index in [-0.39, 0.29) is 5.70 Å². The van der Waals surface area contributed by atoms with Crippen LogP contribution in [-0.4, -0.2) is 23.5 Å². The van der Waals surface area contributed by atoms with Crippen molar-refractivity contribution < 1.29 is 22.8 Å². The zero-order chi connectivity index (χ0) is 16.5. The van der Waals surface area contributed by atoms with Gasteiger partial charge in [0, 0.05) is 11.6 Å². The second-order valence-electron chi connectivity index (χ2n) is 5.67. The van der Waals surface area contributed by atoms with Gasteiger partial charge in [0.25, 0.3) is 5.91 Å². The highest BCUT2D eigenvalue weighted by molar-refractivity contribution is 5.97. The Balaban J connectivity index is 2.35. The summed E-state index contributed by atoms with van der Waals surface area (Å²) < 4.78 is 40.6. The molecule has 0 unspecified atom stereocenters. The summed E-state index contributed by atoms with van der Waals surface area (Å²) in [5, 5.41) is 12.8. The summed E-state index contributed by atoms with van der Waals surface area (Å²) in [6, 6.07) is 1.43. The van der Waals surface area contributed by atoms with E-state index in [2.05, 4.69) is 6.58 Å². The number of alkyl halides is 3. The zero-order valence-electron chi connectivity index (χ0n) is 11.8. The molecule has 0 aromatic carbocycles. The fraction of sp³-hybridized carbons (Fsp3) is 0.643. The van der Waals surface area contributed by atoms with Crippen LogP contribution in [0.15, 0.2) is 12.3 Å². The van der Waals surface area contributed by atoms with E-state index in [0.717, 1.165) is 19.3 Å². The molecule has 0 aromatic rings. The standard InChI is InChI=1S/C14H16F3N3O2/c1-8-10(7-18)13(12(22)19-8,14(15,16)17)20-11(21)9-5-3-2-4-6-9/h9-10H,1-6H2,(H,19,22)(H,20,21)/t10-,13+/m1/s1. The highest BCUT2D eigenvalue weighted by Gasteiger charge is 2.70. The molecule has 1 saturated heterocycles. The predicted octanol–water partition coefficient (Wildman–Crippen LogP) is 1.77. The predicted molar refractivity (Wildman–Crippen MR) is 69.9 cm³/mol. The van der Waals surface area contributed by atoms with Crippen LogP contribution in [0.5, 0.6) is 0 Å². The summed E-state index contributed by atoms with van der Waals surface area (Å²) in [5.41, 5.74) is -3.61. The third kappa shape index (κ3) is 2.45. The van der Waals surface area contributed by atoms with E-state index >= 15 is 0 Å². The van der Waals surface area contributed by atoms with E-state index < -0.39 is 35.4 Å². The molecular weight excluding hydrogens is 299 g/mol. The first-order valence-electron chi connectivity index (χ1n) is 7.02. The summed E-state index contributed by atoms with van der Waals surface area (Å²) >= 11 is 0. The van der Waals surface area contributed by atoms with Gasteiger partial charge in [0.1, 0.15) is 5.92 Å². The Labute approximate surface area is 125 Å². The van der Waals surface area contributed by atoms with Crippen LogP contribution in [-0.2, 0) is 9.59 Å². The van der Waals surface area contributed by atoms with Gasteiger partial charge in [-0.25, -0.2) is 0 Å². The van der Waals surface area contributed by atoms with Gasteiger partial charge in [-0.3, -0.25) is 9.59 Å². The van der Waals surface area contributed by atoms with E-state index in [9.17, 15) is 22.8 Å². The van der Waals surface area contributed by atoms with Gasteiger partial charge in [0.15, 0.2) is 0 Å². The van der Waals surface area contributed by atoms with Crippen LogP contribution < -0.4 is 10.6 Å². The van der Waals surface area contributed by atoms with Gasteiger partial charge in [0.2, 0.25) is 11.4 Å². The molecular formula is C14H16F3N3O2. The van der Waals surface area contributed by atoms with Crippen LogP contribution in [0.25, 0.3) is 0 Å². The average Bonchev–Trinajstić information content (AvgIpc) is 2.70. The molecule has 2 aliphatic rings. The van der Waals surface area contributed by atoms with Gasteiger partial charge in [-0.15, -0.1) is 0 Å². The Morgan fingerprint density at radius 2 is 1.95 bits per heavy atom. The summed E-state index contributed by atoms with van der Waals surface area (Å²) in [7, 11) is 0. The van der Waals surface area contributed by atoms with Crippen molar-refractivity contribution in [1.29, 1.82) is 5.26 Å². The molecule has 2 atom stereocenters. The van der Waals surface area contributed by atoms with Crippen LogP contribution >= 0.6 is 0 Å². The van der Waals surface area contributed by atoms with Crippen molar-refractivity contribution in [3.8, 4) is 6.07 Å². The summed E-state index contributed by atoms with van der Waals surface area (Å²) in [6.07, 6.45) is -1.66. The molecule has 22 heavy (non-hydrogen) atoms. The Kier molecular flexibility index (Phi) is 4.18. The lowest BCUT2D eigenvalue weighted by Gasteiger charge is -2.34. The van der Waals surface area contributed by atoms with Crippen LogP contribution in [0.2, 0.25) is 0 Å². The highest BCUT2D eigenvalue weighted by atomic mass is 19.4. The minimum absolute atomic E-state index is 0.353. The molecule has 1 heterocycles. The number of nitrogens with one attached hydrogen (secondary N) is 2. The molecule has 0 aromatic heterocycles. The molecule has 0 spiro atoms. The maximum atomic E-state index is 13.5. The smallest absolute Gasteiger partial charge is 0.333 e. The molecule has 2 fully saturated rings. The highest BCUT2D eigenvalue weighted by Crippen LogP contribution is 2.43. The summed E-state index contributed by atoms with van der Waals surface area (Å²) in [6.45, 7) is 3.28. The molecule has 1 saturated carbocycles. The van der Waals surface area contributed by atoms with E-state index in [4.69, 9.17) is 5.26 Å². The minimum atomic E-state index is -5.10. The van der Waals surface area contributed by atoms with Crippen LogP contribution in [0.4, 0.5) is 13.2 Å². The molecule has 2 rings (SSSR count). The third-order valence-corrected chi connectivity index (χ3v) is 4.29. The van der Waals surface area contributed by atoms with Gasteiger partial charge in [-0.1, -0.05) is 25.8 Å². The lowest BCUT2D eigenvalue weighted by atomic mass is 9.82. The monoisotopic (exact) mass is 315 g/mol. The fourth-order valence-electron chi connectivity index (χ4n) is 3.04. The average molecular weight is 315 g/mol. The van der Waals surface area contributed by atoms with Crippen molar-refractivity contribution in [3.05, 3.63) is 12.3 Å². The first-order valence-corrected chi connectivity index (χ1v) is 7.02. The molecule has 120 valence electrons. The quantitative estimate of drug-likeness (QED) is 0.815. The van der Waals surface area contributed by atoms with Crippen LogP contribution in [0.1, 0.15) is 32.1 Å². The zero-order valence-corrected chi connectivity index (χ0v) is 11.8. The second-order valence-corrected chi connectivity index (χ2v) is 5.67. The Morgan fingerprint density at radius 3 is 2.45 bits per heavy atom. The molecule has 2 N–H and O–H groups in total. The van der Waals surface area contributed by atoms with Gasteiger partial charge >= 0.3 is 6.18 Å². The lowest BCUT2D eigenvalue weighted by molar-refractivity contribution is -0.202. The van der Waals surface area contributed by atoms with E-state index in [0.29, 0.717) is 12.8 Å². The molecule has 5 nitrogen and oxygen atoms in total. The Bertz CT molecular complexity index is 547. The van der Waals surface area contributed by atoms with Crippen molar-refractivity contribution in [2.75, 3.05) is 0 Å². The number of carbonyl (C=O) groups is 2. The van der Waals surface area contributed by atoms with Crippen molar-refractivity contribution in [2.24, 2.45) is 11.8 Å². The Morgan fingerprint density at radius 1 is 1.36 bits per heavy atom. The van der Waals surface area contributed by atoms with Crippen LogP contribution in [0.3, 0.4) is 0 Å². The number of rotatable bonds is 2. The summed E-state index contributed by atoms with van der Waals surface area (Å²) in [4.78, 5) is 24.1. The number of nitriles is 1. The number of nitrogens with zero attached hydrogens (tertiary/aromatic N) is 1. The molecule has 0 bridgehead atoms. The van der Waals surface area contributed by atoms with Gasteiger partial charge in [0.05, 0.1) is 6.07 Å². The fourth-order valence-corrected chi connectivity index (χ4v) is 3.04. The first-order chi connectivity index (χ1) is 10.2. The number of amides is 2. The van der Waals surface area contributed by atoms with Crippen molar-refractivity contribution in [3.63, 3.8) is 0 Å². The maximum Gasteiger partial charge on any atom is 0.422 e. The normalized spacial score (nSPS) is 29.8. The summed E-state index contributed by atoms with van der Waals surface area (Å²) in [5.74, 6) is -4.73. The van der Waals surface area contributed by atoms with E-state index in [1.54, 1.807) is 0 Å². The number of carbonyl (C=O) groups excluding carboxylic acids is 2. The number of hydrogen-bond donors (Lipinski definition) is 2. The molecule has 0 radical (unpaired) electrons. The van der Waals surface area contributed by atoms with Crippen molar-refractivity contribution >= 4 is 11.8 Å². The number of halogens is 3. The molecule has 1 aliphatic carbocycles. The largest absolute Gasteiger partial charge is 0.422 e. The van der Waals surface area contributed by atoms with Crippen molar-refractivity contribution in [1.82, 2.24) is 10.6 Å². The third-order valence-electron chi connectivity index (χ3n) is 4.29. The van der Waals surface area contributed by atoms with E-state index in [1.165, 1.54) is 6.07 Å². The number of hydrogen-bond acceptors (Lipinski definition) is 3. The van der Waals surface area contributed by atoms with Gasteiger partial charge in [-0.05, 0) is 12.8 Å². The second kappa shape index (κ2) is 5.63.